The van der Waals surface area contributed by atoms with Gasteiger partial charge in [0.1, 0.15) is 6.04 Å². The van der Waals surface area contributed by atoms with E-state index in [2.05, 4.69) is 29.0 Å². The fourth-order valence-corrected chi connectivity index (χ4v) is 2.90. The average molecular weight is 432 g/mol. The summed E-state index contributed by atoms with van der Waals surface area (Å²) in [5.41, 5.74) is -0.391. The lowest BCUT2D eigenvalue weighted by atomic mass is 9.95. The lowest BCUT2D eigenvalue weighted by molar-refractivity contribution is -0.157. The van der Waals surface area contributed by atoms with Crippen LogP contribution < -0.4 is 10.8 Å². The summed E-state index contributed by atoms with van der Waals surface area (Å²) >= 11 is 1.50. The highest BCUT2D eigenvalue weighted by atomic mass is 32.1. The van der Waals surface area contributed by atoms with Gasteiger partial charge in [0.05, 0.1) is 4.88 Å². The Balaban J connectivity index is 2.13. The van der Waals surface area contributed by atoms with Crippen LogP contribution in [0.1, 0.15) is 27.7 Å². The number of alkyl halides is 2. The van der Waals surface area contributed by atoms with Gasteiger partial charge in [-0.2, -0.15) is 0 Å². The first kappa shape index (κ1) is 23.0. The molecule has 0 saturated heterocycles. The maximum absolute atomic E-state index is 13.4. The molecule has 1 aromatic carbocycles. The second-order valence-electron chi connectivity index (χ2n) is 6.13. The van der Waals surface area contributed by atoms with Gasteiger partial charge in [-0.25, -0.2) is 14.3 Å². The van der Waals surface area contributed by atoms with Crippen molar-refractivity contribution in [2.24, 2.45) is 0 Å². The second-order valence-corrected chi connectivity index (χ2v) is 7.07. The van der Waals surface area contributed by atoms with Crippen molar-refractivity contribution < 1.29 is 28.3 Å². The average Bonchev–Trinajstić information content (AvgIpc) is 3.27. The molecule has 2 amide bonds. The number of benzene rings is 1. The molecular formula is C21H18F2N2O4S. The van der Waals surface area contributed by atoms with Crippen molar-refractivity contribution >= 4 is 23.2 Å². The highest BCUT2D eigenvalue weighted by Crippen LogP contribution is 2.24. The van der Waals surface area contributed by atoms with E-state index in [4.69, 9.17) is 9.94 Å². The van der Waals surface area contributed by atoms with Gasteiger partial charge < -0.3 is 10.1 Å². The number of rotatable bonds is 6. The van der Waals surface area contributed by atoms with Gasteiger partial charge in [0.15, 0.2) is 5.60 Å². The first-order valence-corrected chi connectivity index (χ1v) is 9.43. The van der Waals surface area contributed by atoms with Crippen LogP contribution in [0.25, 0.3) is 0 Å². The maximum atomic E-state index is 13.4. The number of methoxy groups -OCH3 is 1. The summed E-state index contributed by atoms with van der Waals surface area (Å²) in [5, 5.41) is 12.9. The second kappa shape index (κ2) is 10.5. The lowest BCUT2D eigenvalue weighted by Crippen LogP contribution is -2.62. The maximum Gasteiger partial charge on any atom is 0.269 e. The van der Waals surface area contributed by atoms with E-state index in [0.717, 1.165) is 18.9 Å². The van der Waals surface area contributed by atoms with Crippen LogP contribution in [0.4, 0.5) is 8.78 Å². The van der Waals surface area contributed by atoms with Gasteiger partial charge >= 0.3 is 0 Å². The monoisotopic (exact) mass is 432 g/mol. The zero-order valence-electron chi connectivity index (χ0n) is 16.0. The molecule has 0 aliphatic heterocycles. The van der Waals surface area contributed by atoms with Crippen molar-refractivity contribution in [2.75, 3.05) is 7.11 Å². The highest BCUT2D eigenvalue weighted by Gasteiger charge is 2.48. The molecule has 2 atom stereocenters. The van der Waals surface area contributed by atoms with E-state index < -0.39 is 29.9 Å². The predicted molar refractivity (Wildman–Crippen MR) is 107 cm³/mol. The molecule has 156 valence electrons. The zero-order chi connectivity index (χ0) is 22.1. The van der Waals surface area contributed by atoms with Crippen LogP contribution in [-0.2, 0) is 9.53 Å². The Morgan fingerprint density at radius 2 is 1.83 bits per heavy atom. The van der Waals surface area contributed by atoms with Gasteiger partial charge in [-0.1, -0.05) is 12.0 Å². The van der Waals surface area contributed by atoms with Crippen LogP contribution in [0.2, 0.25) is 0 Å². The number of hydrogen-bond acceptors (Lipinski definition) is 5. The molecule has 2 rings (SSSR count). The molecule has 2 aromatic rings. The molecule has 9 heteroatoms. The molecule has 1 aromatic heterocycles. The topological polar surface area (TPSA) is 87.7 Å². The first-order valence-electron chi connectivity index (χ1n) is 8.55. The molecule has 0 saturated carbocycles. The minimum Gasteiger partial charge on any atom is -0.370 e. The minimum absolute atomic E-state index is 0.105. The fraction of sp³-hybridized carbons (Fsp3) is 0.238. The Morgan fingerprint density at radius 3 is 2.37 bits per heavy atom. The van der Waals surface area contributed by atoms with E-state index in [1.807, 2.05) is 17.5 Å². The SMILES string of the molecule is COC(C)(C(F)F)[C@H](NC(=O)c1ccc(C#CC#Cc2cccs2)cc1)C(=O)NO. The predicted octanol–water partition coefficient (Wildman–Crippen LogP) is 2.43. The van der Waals surface area contributed by atoms with Gasteiger partial charge in [0.25, 0.3) is 18.2 Å². The van der Waals surface area contributed by atoms with E-state index in [-0.39, 0.29) is 5.56 Å². The number of ether oxygens (including phenoxy) is 1. The number of hydroxylamine groups is 1. The molecule has 0 bridgehead atoms. The quantitative estimate of drug-likeness (QED) is 0.372. The summed E-state index contributed by atoms with van der Waals surface area (Å²) in [6.07, 6.45) is -3.11. The smallest absolute Gasteiger partial charge is 0.269 e. The van der Waals surface area contributed by atoms with Crippen LogP contribution in [0.15, 0.2) is 41.8 Å². The minimum atomic E-state index is -3.11. The van der Waals surface area contributed by atoms with Crippen LogP contribution >= 0.6 is 11.3 Å². The van der Waals surface area contributed by atoms with Crippen LogP contribution in [-0.4, -0.2) is 42.2 Å². The van der Waals surface area contributed by atoms with Crippen molar-refractivity contribution in [1.82, 2.24) is 10.8 Å². The molecule has 0 fully saturated rings. The number of carbonyl (C=O) groups is 2. The summed E-state index contributed by atoms with van der Waals surface area (Å²) in [7, 11) is 0.977. The van der Waals surface area contributed by atoms with Gasteiger partial charge in [-0.15, -0.1) is 11.3 Å². The summed E-state index contributed by atoms with van der Waals surface area (Å²) in [6.45, 7) is 0.952. The van der Waals surface area contributed by atoms with Crippen molar-refractivity contribution in [3.05, 3.63) is 57.8 Å². The van der Waals surface area contributed by atoms with Crippen LogP contribution in [0.5, 0.6) is 0 Å². The number of nitrogens with one attached hydrogen (secondary N) is 2. The Morgan fingerprint density at radius 1 is 1.17 bits per heavy atom. The lowest BCUT2D eigenvalue weighted by Gasteiger charge is -2.34. The standard InChI is InChI=1S/C21H18F2N2O4S/c1-21(29-2,20(22)23)17(19(27)25-28)24-18(26)15-11-9-14(10-12-15)6-3-4-7-16-8-5-13-30-16/h5,8-13,17,20,28H,1-2H3,(H,24,26)(H,25,27)/t17-,21?/m1/s1. The third-order valence-electron chi connectivity index (χ3n) is 4.22. The molecule has 3 N–H and O–H groups in total. The van der Waals surface area contributed by atoms with E-state index in [0.29, 0.717) is 5.56 Å². The molecular weight excluding hydrogens is 414 g/mol. The van der Waals surface area contributed by atoms with Gasteiger partial charge in [0, 0.05) is 18.2 Å². The van der Waals surface area contributed by atoms with E-state index in [1.54, 1.807) is 12.1 Å². The Bertz CT molecular complexity index is 1000. The Kier molecular flexibility index (Phi) is 8.07. The molecule has 30 heavy (non-hydrogen) atoms. The number of carbonyl (C=O) groups excluding carboxylic acids is 2. The third kappa shape index (κ3) is 5.65. The summed E-state index contributed by atoms with van der Waals surface area (Å²) < 4.78 is 31.6. The number of amides is 2. The Hall–Kier alpha value is -3.24. The van der Waals surface area contributed by atoms with Crippen LogP contribution in [0, 0.1) is 23.7 Å². The number of thiophene rings is 1. The number of hydrogen-bond donors (Lipinski definition) is 3. The molecule has 0 aliphatic rings. The molecule has 6 nitrogen and oxygen atoms in total. The van der Waals surface area contributed by atoms with Crippen molar-refractivity contribution in [3.8, 4) is 23.7 Å². The molecule has 1 heterocycles. The summed E-state index contributed by atoms with van der Waals surface area (Å²) in [5.74, 6) is 9.09. The van der Waals surface area contributed by atoms with Gasteiger partial charge in [-0.05, 0) is 60.4 Å². The molecule has 1 unspecified atom stereocenters. The van der Waals surface area contributed by atoms with E-state index in [9.17, 15) is 18.4 Å². The Labute approximate surface area is 176 Å². The van der Waals surface area contributed by atoms with Crippen LogP contribution in [0.3, 0.4) is 0 Å². The van der Waals surface area contributed by atoms with Crippen molar-refractivity contribution in [1.29, 1.82) is 0 Å². The zero-order valence-corrected chi connectivity index (χ0v) is 16.8. The normalized spacial score (nSPS) is 13.1. The van der Waals surface area contributed by atoms with Crippen molar-refractivity contribution in [2.45, 2.75) is 25.0 Å². The highest BCUT2D eigenvalue weighted by molar-refractivity contribution is 7.10. The molecule has 0 aliphatic carbocycles. The summed E-state index contributed by atoms with van der Waals surface area (Å²) in [4.78, 5) is 25.2. The van der Waals surface area contributed by atoms with Gasteiger partial charge in [0.2, 0.25) is 0 Å². The number of halogens is 2. The largest absolute Gasteiger partial charge is 0.370 e. The van der Waals surface area contributed by atoms with Gasteiger partial charge in [-0.3, -0.25) is 14.8 Å². The third-order valence-corrected chi connectivity index (χ3v) is 5.00. The fourth-order valence-electron chi connectivity index (χ4n) is 2.33. The molecule has 0 spiro atoms. The first-order chi connectivity index (χ1) is 14.3. The van der Waals surface area contributed by atoms with E-state index >= 15 is 0 Å². The summed E-state index contributed by atoms with van der Waals surface area (Å²) in [6, 6.07) is 7.87. The molecule has 0 radical (unpaired) electrons. The van der Waals surface area contributed by atoms with Crippen molar-refractivity contribution in [3.63, 3.8) is 0 Å². The van der Waals surface area contributed by atoms with E-state index in [1.165, 1.54) is 28.9 Å².